The van der Waals surface area contributed by atoms with Gasteiger partial charge in [0.25, 0.3) is 5.97 Å². The second-order valence-corrected chi connectivity index (χ2v) is 6.27. The quantitative estimate of drug-likeness (QED) is 0.457. The number of aryl methyl sites for hydroxylation is 1. The molecule has 0 atom stereocenters. The van der Waals surface area contributed by atoms with Crippen LogP contribution in [0.25, 0.3) is 11.0 Å². The highest BCUT2D eigenvalue weighted by Gasteiger charge is 2.13. The first-order chi connectivity index (χ1) is 13.5. The molecule has 1 aliphatic heterocycles. The molecule has 0 radical (unpaired) electrons. The molecule has 28 heavy (non-hydrogen) atoms. The average molecular weight is 382 g/mol. The van der Waals surface area contributed by atoms with Crippen molar-refractivity contribution in [2.75, 3.05) is 12.2 Å². The van der Waals surface area contributed by atoms with E-state index in [0.717, 1.165) is 48.0 Å². The SMILES string of the molecule is CC(=O)O.CC(CCc1ccc2c(c1)OCO2)=NNc1nc2ccccc2[nH]1. The predicted octanol–water partition coefficient (Wildman–Crippen LogP) is 3.80. The summed E-state index contributed by atoms with van der Waals surface area (Å²) in [6, 6.07) is 13.9. The minimum Gasteiger partial charge on any atom is -0.481 e. The Morgan fingerprint density at radius 2 is 1.96 bits per heavy atom. The molecule has 2 aromatic carbocycles. The monoisotopic (exact) mass is 382 g/mol. The molecule has 0 saturated heterocycles. The fourth-order valence-corrected chi connectivity index (χ4v) is 2.63. The van der Waals surface area contributed by atoms with Gasteiger partial charge in [-0.3, -0.25) is 4.79 Å². The summed E-state index contributed by atoms with van der Waals surface area (Å²) in [7, 11) is 0. The van der Waals surface area contributed by atoms with E-state index in [0.29, 0.717) is 12.7 Å². The number of nitrogens with zero attached hydrogens (tertiary/aromatic N) is 2. The highest BCUT2D eigenvalue weighted by Crippen LogP contribution is 2.32. The number of nitrogens with one attached hydrogen (secondary N) is 2. The van der Waals surface area contributed by atoms with Crippen molar-refractivity contribution in [1.82, 2.24) is 9.97 Å². The van der Waals surface area contributed by atoms with Gasteiger partial charge in [0.05, 0.1) is 11.0 Å². The molecule has 2 heterocycles. The number of carbonyl (C=O) groups is 1. The minimum absolute atomic E-state index is 0.306. The van der Waals surface area contributed by atoms with Gasteiger partial charge >= 0.3 is 0 Å². The molecule has 1 aromatic heterocycles. The summed E-state index contributed by atoms with van der Waals surface area (Å²) in [5.41, 5.74) is 7.12. The molecule has 3 N–H and O–H groups in total. The second kappa shape index (κ2) is 8.90. The van der Waals surface area contributed by atoms with Gasteiger partial charge in [-0.05, 0) is 49.6 Å². The summed E-state index contributed by atoms with van der Waals surface area (Å²) < 4.78 is 10.7. The number of H-pyrrole nitrogens is 1. The van der Waals surface area contributed by atoms with Crippen LogP contribution in [0.15, 0.2) is 47.6 Å². The summed E-state index contributed by atoms with van der Waals surface area (Å²) in [4.78, 5) is 16.6. The number of hydrogen-bond acceptors (Lipinski definition) is 6. The van der Waals surface area contributed by atoms with Gasteiger partial charge in [0.2, 0.25) is 12.7 Å². The third-order valence-electron chi connectivity index (χ3n) is 3.95. The van der Waals surface area contributed by atoms with E-state index in [1.54, 1.807) is 0 Å². The second-order valence-electron chi connectivity index (χ2n) is 6.27. The van der Waals surface area contributed by atoms with E-state index in [9.17, 15) is 0 Å². The Labute approximate surface area is 162 Å². The van der Waals surface area contributed by atoms with Gasteiger partial charge in [0, 0.05) is 12.6 Å². The number of imidazole rings is 1. The van der Waals surface area contributed by atoms with Crippen LogP contribution in [0.1, 0.15) is 25.8 Å². The summed E-state index contributed by atoms with van der Waals surface area (Å²) in [5.74, 6) is 1.46. The fourth-order valence-electron chi connectivity index (χ4n) is 2.63. The van der Waals surface area contributed by atoms with Crippen molar-refractivity contribution in [3.63, 3.8) is 0 Å². The van der Waals surface area contributed by atoms with E-state index in [2.05, 4.69) is 26.6 Å². The van der Waals surface area contributed by atoms with Gasteiger partial charge in [-0.1, -0.05) is 18.2 Å². The van der Waals surface area contributed by atoms with Crippen LogP contribution in [0, 0.1) is 0 Å². The topological polar surface area (TPSA) is 109 Å². The fraction of sp³-hybridized carbons (Fsp3) is 0.250. The van der Waals surface area contributed by atoms with Crippen molar-refractivity contribution in [3.05, 3.63) is 48.0 Å². The zero-order valence-corrected chi connectivity index (χ0v) is 15.7. The molecule has 0 aliphatic carbocycles. The minimum atomic E-state index is -0.833. The molecule has 1 aliphatic rings. The van der Waals surface area contributed by atoms with Gasteiger partial charge < -0.3 is 19.6 Å². The number of rotatable bonds is 5. The summed E-state index contributed by atoms with van der Waals surface area (Å²) >= 11 is 0. The first-order valence-electron chi connectivity index (χ1n) is 8.83. The number of ether oxygens (including phenoxy) is 2. The smallest absolute Gasteiger partial charge is 0.300 e. The van der Waals surface area contributed by atoms with Crippen LogP contribution < -0.4 is 14.9 Å². The number of aromatic nitrogens is 2. The Bertz CT molecular complexity index is 960. The highest BCUT2D eigenvalue weighted by molar-refractivity contribution is 5.83. The standard InChI is InChI=1S/C18H18N4O2.C2H4O2/c1-12(6-7-13-8-9-16-17(10-13)24-11-23-16)21-22-18-19-14-4-2-3-5-15(14)20-18;1-2(3)4/h2-5,8-10H,6-7,11H2,1H3,(H2,19,20,22);1H3,(H,3,4). The van der Waals surface area contributed by atoms with E-state index < -0.39 is 5.97 Å². The van der Waals surface area contributed by atoms with E-state index in [1.807, 2.05) is 43.3 Å². The van der Waals surface area contributed by atoms with Crippen LogP contribution in [-0.4, -0.2) is 33.5 Å². The van der Waals surface area contributed by atoms with Crippen LogP contribution in [0.2, 0.25) is 0 Å². The molecular weight excluding hydrogens is 360 g/mol. The van der Waals surface area contributed by atoms with E-state index >= 15 is 0 Å². The van der Waals surface area contributed by atoms with E-state index in [4.69, 9.17) is 19.4 Å². The first kappa shape index (κ1) is 19.2. The number of anilines is 1. The third-order valence-corrected chi connectivity index (χ3v) is 3.95. The largest absolute Gasteiger partial charge is 0.481 e. The van der Waals surface area contributed by atoms with E-state index in [-0.39, 0.29) is 0 Å². The number of hydrazone groups is 1. The molecule has 146 valence electrons. The van der Waals surface area contributed by atoms with Crippen LogP contribution in [-0.2, 0) is 11.2 Å². The number of aliphatic carboxylic acids is 1. The summed E-state index contributed by atoms with van der Waals surface area (Å²) in [6.07, 6.45) is 1.75. The predicted molar refractivity (Wildman–Crippen MR) is 107 cm³/mol. The Balaban J connectivity index is 0.000000516. The first-order valence-corrected chi connectivity index (χ1v) is 8.83. The van der Waals surface area contributed by atoms with Gasteiger partial charge in [0.15, 0.2) is 11.5 Å². The van der Waals surface area contributed by atoms with Crippen LogP contribution in [0.5, 0.6) is 11.5 Å². The summed E-state index contributed by atoms with van der Waals surface area (Å²) in [5, 5.41) is 11.8. The number of carboxylic acid groups (broad SMARTS) is 1. The third kappa shape index (κ3) is 5.23. The molecule has 4 rings (SSSR count). The molecule has 8 heteroatoms. The maximum absolute atomic E-state index is 9.00. The number of carboxylic acids is 1. The molecule has 0 saturated carbocycles. The molecule has 3 aromatic rings. The van der Waals surface area contributed by atoms with E-state index in [1.165, 1.54) is 5.56 Å². The van der Waals surface area contributed by atoms with Gasteiger partial charge in [-0.15, -0.1) is 0 Å². The van der Waals surface area contributed by atoms with Crippen molar-refractivity contribution in [3.8, 4) is 11.5 Å². The lowest BCUT2D eigenvalue weighted by Gasteiger charge is -2.03. The van der Waals surface area contributed by atoms with Crippen LogP contribution in [0.4, 0.5) is 5.95 Å². The lowest BCUT2D eigenvalue weighted by atomic mass is 10.1. The Hall–Kier alpha value is -3.55. The highest BCUT2D eigenvalue weighted by atomic mass is 16.7. The zero-order chi connectivity index (χ0) is 19.9. The molecule has 0 unspecified atom stereocenters. The van der Waals surface area contributed by atoms with Crippen molar-refractivity contribution < 1.29 is 19.4 Å². The lowest BCUT2D eigenvalue weighted by Crippen LogP contribution is -2.00. The number of hydrogen-bond donors (Lipinski definition) is 3. The van der Waals surface area contributed by atoms with Crippen molar-refractivity contribution in [2.24, 2.45) is 5.10 Å². The molecule has 0 bridgehead atoms. The van der Waals surface area contributed by atoms with Gasteiger partial charge in [-0.25, -0.2) is 10.4 Å². The van der Waals surface area contributed by atoms with Crippen molar-refractivity contribution in [1.29, 1.82) is 0 Å². The number of para-hydroxylation sites is 2. The lowest BCUT2D eigenvalue weighted by molar-refractivity contribution is -0.134. The molecule has 0 spiro atoms. The zero-order valence-electron chi connectivity index (χ0n) is 15.7. The van der Waals surface area contributed by atoms with Crippen molar-refractivity contribution >= 4 is 28.7 Å². The van der Waals surface area contributed by atoms with Gasteiger partial charge in [0.1, 0.15) is 0 Å². The van der Waals surface area contributed by atoms with Gasteiger partial charge in [-0.2, -0.15) is 5.10 Å². The van der Waals surface area contributed by atoms with Crippen LogP contribution >= 0.6 is 0 Å². The normalized spacial score (nSPS) is 12.4. The Kier molecular flexibility index (Phi) is 6.11. The van der Waals surface area contributed by atoms with Crippen LogP contribution in [0.3, 0.4) is 0 Å². The summed E-state index contributed by atoms with van der Waals surface area (Å²) in [6.45, 7) is 3.39. The molecule has 8 nitrogen and oxygen atoms in total. The average Bonchev–Trinajstić information content (AvgIpc) is 3.29. The Morgan fingerprint density at radius 1 is 1.21 bits per heavy atom. The van der Waals surface area contributed by atoms with Crippen molar-refractivity contribution in [2.45, 2.75) is 26.7 Å². The number of fused-ring (bicyclic) bond motifs is 2. The number of aromatic amines is 1. The molecule has 0 fully saturated rings. The maximum atomic E-state index is 9.00. The molecule has 0 amide bonds. The molecular formula is C20H22N4O4. The number of benzene rings is 2. The maximum Gasteiger partial charge on any atom is 0.300 e. The Morgan fingerprint density at radius 3 is 2.75 bits per heavy atom.